The van der Waals surface area contributed by atoms with Crippen molar-refractivity contribution < 1.29 is 9.13 Å². The minimum Gasteiger partial charge on any atom is -0.493 e. The van der Waals surface area contributed by atoms with Gasteiger partial charge in [0.25, 0.3) is 0 Å². The monoisotopic (exact) mass is 387 g/mol. The van der Waals surface area contributed by atoms with Crippen LogP contribution in [0.25, 0.3) is 21.9 Å². The molecule has 0 radical (unpaired) electrons. The Morgan fingerprint density at radius 2 is 1.93 bits per heavy atom. The maximum absolute atomic E-state index is 14.4. The minimum atomic E-state index is -0.241. The smallest absolute Gasteiger partial charge is 0.135 e. The van der Waals surface area contributed by atoms with Gasteiger partial charge in [-0.25, -0.2) is 9.37 Å². The first-order valence-electron chi connectivity index (χ1n) is 9.40. The summed E-state index contributed by atoms with van der Waals surface area (Å²) in [5, 5.41) is 13.1. The molecule has 29 heavy (non-hydrogen) atoms. The maximum Gasteiger partial charge on any atom is 0.135 e. The lowest BCUT2D eigenvalue weighted by Gasteiger charge is -2.14. The summed E-state index contributed by atoms with van der Waals surface area (Å²) in [6.45, 7) is 2.85. The number of halogens is 1. The second kappa shape index (κ2) is 7.09. The third kappa shape index (κ3) is 3.14. The van der Waals surface area contributed by atoms with E-state index in [0.29, 0.717) is 31.0 Å². The third-order valence-corrected chi connectivity index (χ3v) is 5.18. The van der Waals surface area contributed by atoms with E-state index in [2.05, 4.69) is 25.5 Å². The van der Waals surface area contributed by atoms with E-state index in [0.717, 1.165) is 38.9 Å². The topological polar surface area (TPSA) is 72.8 Å². The van der Waals surface area contributed by atoms with Crippen LogP contribution in [0.3, 0.4) is 0 Å². The molecule has 5 rings (SSSR count). The fourth-order valence-corrected chi connectivity index (χ4v) is 3.76. The Labute approximate surface area is 166 Å². The highest BCUT2D eigenvalue weighted by atomic mass is 19.1. The number of aromatic nitrogens is 4. The summed E-state index contributed by atoms with van der Waals surface area (Å²) in [5.74, 6) is 1.16. The molecule has 1 N–H and O–H groups in total. The fourth-order valence-electron chi connectivity index (χ4n) is 3.76. The van der Waals surface area contributed by atoms with Gasteiger partial charge in [-0.15, -0.1) is 0 Å². The van der Waals surface area contributed by atoms with Gasteiger partial charge in [0.1, 0.15) is 17.4 Å². The van der Waals surface area contributed by atoms with Gasteiger partial charge in [-0.3, -0.25) is 4.98 Å². The number of rotatable bonds is 4. The molecule has 0 unspecified atom stereocenters. The Hall–Kier alpha value is -3.61. The number of pyridine rings is 2. The van der Waals surface area contributed by atoms with Crippen LogP contribution in [0, 0.1) is 12.7 Å². The van der Waals surface area contributed by atoms with Crippen molar-refractivity contribution >= 4 is 16.6 Å². The molecule has 3 aromatic heterocycles. The van der Waals surface area contributed by atoms with Crippen LogP contribution < -0.4 is 10.1 Å². The van der Waals surface area contributed by atoms with Gasteiger partial charge in [0, 0.05) is 58.5 Å². The molecule has 4 heterocycles. The molecule has 0 spiro atoms. The highest BCUT2D eigenvalue weighted by Crippen LogP contribution is 2.33. The first kappa shape index (κ1) is 17.5. The average molecular weight is 387 g/mol. The van der Waals surface area contributed by atoms with E-state index in [-0.39, 0.29) is 5.82 Å². The third-order valence-electron chi connectivity index (χ3n) is 5.18. The van der Waals surface area contributed by atoms with Crippen molar-refractivity contribution in [3.63, 3.8) is 0 Å². The number of hydrogen-bond acceptors (Lipinski definition) is 6. The minimum absolute atomic E-state index is 0.241. The summed E-state index contributed by atoms with van der Waals surface area (Å²) >= 11 is 0. The molecule has 7 heteroatoms. The molecule has 6 nitrogen and oxygen atoms in total. The van der Waals surface area contributed by atoms with Crippen molar-refractivity contribution in [3.05, 3.63) is 71.7 Å². The second-order valence-electron chi connectivity index (χ2n) is 6.98. The van der Waals surface area contributed by atoms with Crippen molar-refractivity contribution in [2.24, 2.45) is 0 Å². The van der Waals surface area contributed by atoms with Crippen LogP contribution in [0.4, 0.5) is 10.2 Å². The Bertz CT molecular complexity index is 1230. The summed E-state index contributed by atoms with van der Waals surface area (Å²) in [6.07, 6.45) is 7.69. The molecule has 144 valence electrons. The Kier molecular flexibility index (Phi) is 4.27. The lowest BCUT2D eigenvalue weighted by molar-refractivity contribution is 0.356. The molecular weight excluding hydrogens is 369 g/mol. The molecule has 0 saturated heterocycles. The Morgan fingerprint density at radius 1 is 1.07 bits per heavy atom. The van der Waals surface area contributed by atoms with E-state index in [1.54, 1.807) is 30.9 Å². The molecule has 0 amide bonds. The Morgan fingerprint density at radius 3 is 2.79 bits per heavy atom. The fraction of sp³-hybridized carbons (Fsp3) is 0.182. The number of aryl methyl sites for hydroxylation is 1. The standard InChI is InChI=1S/C22H18FN5O/c1-13-8-14(4-6-24-13)16-9-25-22(19-12-28-27-11-17(16)19)26-10-18-15-5-7-29-21(15)3-2-20(18)23/h2-4,6,8-9,11-12H,5,7,10H2,1H3,(H,25,26). The zero-order chi connectivity index (χ0) is 19.8. The molecule has 4 aromatic rings. The van der Waals surface area contributed by atoms with Gasteiger partial charge < -0.3 is 10.1 Å². The number of benzene rings is 1. The van der Waals surface area contributed by atoms with Crippen LogP contribution >= 0.6 is 0 Å². The van der Waals surface area contributed by atoms with Crippen LogP contribution in [-0.2, 0) is 13.0 Å². The van der Waals surface area contributed by atoms with Crippen LogP contribution in [-0.4, -0.2) is 26.8 Å². The molecule has 0 bridgehead atoms. The summed E-state index contributed by atoms with van der Waals surface area (Å²) in [4.78, 5) is 8.85. The van der Waals surface area contributed by atoms with Crippen LogP contribution in [0.2, 0.25) is 0 Å². The normalized spacial score (nSPS) is 12.6. The average Bonchev–Trinajstić information content (AvgIpc) is 3.22. The van der Waals surface area contributed by atoms with Crippen LogP contribution in [0.5, 0.6) is 5.75 Å². The van der Waals surface area contributed by atoms with Gasteiger partial charge in [0.15, 0.2) is 0 Å². The maximum atomic E-state index is 14.4. The molecule has 0 fully saturated rings. The van der Waals surface area contributed by atoms with Crippen molar-refractivity contribution in [1.29, 1.82) is 0 Å². The van der Waals surface area contributed by atoms with Crippen LogP contribution in [0.15, 0.2) is 49.1 Å². The predicted molar refractivity (Wildman–Crippen MR) is 108 cm³/mol. The van der Waals surface area contributed by atoms with Crippen molar-refractivity contribution in [2.45, 2.75) is 19.9 Å². The zero-order valence-corrected chi connectivity index (χ0v) is 15.8. The number of fused-ring (bicyclic) bond motifs is 2. The lowest BCUT2D eigenvalue weighted by Crippen LogP contribution is -2.07. The van der Waals surface area contributed by atoms with E-state index in [9.17, 15) is 4.39 Å². The number of anilines is 1. The summed E-state index contributed by atoms with van der Waals surface area (Å²) in [7, 11) is 0. The molecular formula is C22H18FN5O. The first-order valence-corrected chi connectivity index (χ1v) is 9.40. The van der Waals surface area contributed by atoms with Gasteiger partial charge in [0.2, 0.25) is 0 Å². The largest absolute Gasteiger partial charge is 0.493 e. The lowest BCUT2D eigenvalue weighted by atomic mass is 10.0. The number of hydrogen-bond donors (Lipinski definition) is 1. The quantitative estimate of drug-likeness (QED) is 0.569. The van der Waals surface area contributed by atoms with Crippen molar-refractivity contribution in [2.75, 3.05) is 11.9 Å². The van der Waals surface area contributed by atoms with Gasteiger partial charge in [-0.1, -0.05) is 0 Å². The van der Waals surface area contributed by atoms with E-state index in [1.807, 2.05) is 19.1 Å². The van der Waals surface area contributed by atoms with E-state index in [4.69, 9.17) is 4.74 Å². The number of nitrogens with one attached hydrogen (secondary N) is 1. The molecule has 0 aliphatic carbocycles. The second-order valence-corrected chi connectivity index (χ2v) is 6.98. The summed E-state index contributed by atoms with van der Waals surface area (Å²) in [6, 6.07) is 7.09. The SMILES string of the molecule is Cc1cc(-c2cnc(NCc3c(F)ccc4c3CCO4)c3cnncc23)ccn1. The Balaban J connectivity index is 1.53. The van der Waals surface area contributed by atoms with Crippen LogP contribution in [0.1, 0.15) is 16.8 Å². The molecule has 1 aromatic carbocycles. The van der Waals surface area contributed by atoms with E-state index < -0.39 is 0 Å². The zero-order valence-electron chi connectivity index (χ0n) is 15.8. The van der Waals surface area contributed by atoms with Gasteiger partial charge in [0.05, 0.1) is 19.0 Å². The van der Waals surface area contributed by atoms with Gasteiger partial charge in [-0.05, 0) is 36.8 Å². The molecule has 0 saturated carbocycles. The highest BCUT2D eigenvalue weighted by Gasteiger charge is 2.20. The number of ether oxygens (including phenoxy) is 1. The van der Waals surface area contributed by atoms with E-state index >= 15 is 0 Å². The first-order chi connectivity index (χ1) is 14.2. The van der Waals surface area contributed by atoms with E-state index in [1.165, 1.54) is 6.07 Å². The number of nitrogens with zero attached hydrogens (tertiary/aromatic N) is 4. The molecule has 1 aliphatic rings. The van der Waals surface area contributed by atoms with Gasteiger partial charge in [-0.2, -0.15) is 10.2 Å². The predicted octanol–water partition coefficient (Wildman–Crippen LogP) is 4.08. The van der Waals surface area contributed by atoms with Gasteiger partial charge >= 0.3 is 0 Å². The highest BCUT2D eigenvalue weighted by molar-refractivity contribution is 6.00. The molecule has 0 atom stereocenters. The summed E-state index contributed by atoms with van der Waals surface area (Å²) < 4.78 is 20.0. The summed E-state index contributed by atoms with van der Waals surface area (Å²) in [5.41, 5.74) is 4.43. The van der Waals surface area contributed by atoms with Crippen molar-refractivity contribution in [3.8, 4) is 16.9 Å². The van der Waals surface area contributed by atoms with Crippen molar-refractivity contribution in [1.82, 2.24) is 20.2 Å². The molecule has 1 aliphatic heterocycles.